The first-order chi connectivity index (χ1) is 8.36. The molecular weight excluding hydrogens is 246 g/mol. The van der Waals surface area contributed by atoms with Gasteiger partial charge in [-0.05, 0) is 64.1 Å². The van der Waals surface area contributed by atoms with Gasteiger partial charge in [0.2, 0.25) is 0 Å². The molecule has 18 heavy (non-hydrogen) atoms. The van der Waals surface area contributed by atoms with E-state index in [0.29, 0.717) is 5.92 Å². The summed E-state index contributed by atoms with van der Waals surface area (Å²) < 4.78 is 0. The molecule has 0 bridgehead atoms. The summed E-state index contributed by atoms with van der Waals surface area (Å²) in [5, 5.41) is 10.2. The molecule has 1 saturated carbocycles. The molecule has 2 rings (SSSR count). The smallest absolute Gasteiger partial charge is 0.0568 e. The number of nitrogens with zero attached hydrogens (tertiary/aromatic N) is 1. The van der Waals surface area contributed by atoms with Gasteiger partial charge in [0, 0.05) is 0 Å². The molecule has 0 aromatic rings. The Morgan fingerprint density at radius 1 is 0.944 bits per heavy atom. The maximum Gasteiger partial charge on any atom is 0.0568 e. The molecule has 108 valence electrons. The summed E-state index contributed by atoms with van der Waals surface area (Å²) >= 11 is 0. The molecule has 1 N–H and O–H groups in total. The van der Waals surface area contributed by atoms with E-state index in [-0.39, 0.29) is 18.5 Å². The zero-order chi connectivity index (χ0) is 11.9. The summed E-state index contributed by atoms with van der Waals surface area (Å²) in [5.74, 6) is 0.616. The lowest BCUT2D eigenvalue weighted by molar-refractivity contribution is 0.0714. The highest BCUT2D eigenvalue weighted by molar-refractivity contribution is 5.85. The molecular formula is C15H30ClNO. The van der Waals surface area contributed by atoms with Crippen LogP contribution in [0, 0.1) is 5.92 Å². The highest BCUT2D eigenvalue weighted by Crippen LogP contribution is 2.28. The van der Waals surface area contributed by atoms with E-state index in [9.17, 15) is 5.11 Å². The number of likely N-dealkylation sites (tertiary alicyclic amines) is 1. The summed E-state index contributed by atoms with van der Waals surface area (Å²) in [5.41, 5.74) is 0. The Hall–Kier alpha value is 0.210. The van der Waals surface area contributed by atoms with Crippen LogP contribution in [0.25, 0.3) is 0 Å². The molecule has 0 amide bonds. The molecule has 2 fully saturated rings. The monoisotopic (exact) mass is 275 g/mol. The zero-order valence-corrected chi connectivity index (χ0v) is 12.5. The Morgan fingerprint density at radius 3 is 2.22 bits per heavy atom. The van der Waals surface area contributed by atoms with Gasteiger partial charge in [0.25, 0.3) is 0 Å². The van der Waals surface area contributed by atoms with Crippen LogP contribution in [0.4, 0.5) is 0 Å². The van der Waals surface area contributed by atoms with Crippen LogP contribution in [0.5, 0.6) is 0 Å². The molecule has 1 aliphatic carbocycles. The van der Waals surface area contributed by atoms with E-state index in [0.717, 1.165) is 6.42 Å². The predicted molar refractivity (Wildman–Crippen MR) is 79.4 cm³/mol. The van der Waals surface area contributed by atoms with Crippen LogP contribution in [0.3, 0.4) is 0 Å². The van der Waals surface area contributed by atoms with Crippen molar-refractivity contribution in [3.63, 3.8) is 0 Å². The van der Waals surface area contributed by atoms with Gasteiger partial charge in [-0.25, -0.2) is 0 Å². The summed E-state index contributed by atoms with van der Waals surface area (Å²) in [4.78, 5) is 2.58. The van der Waals surface area contributed by atoms with Crippen LogP contribution in [-0.4, -0.2) is 35.7 Å². The van der Waals surface area contributed by atoms with Crippen molar-refractivity contribution in [3.8, 4) is 0 Å². The molecule has 2 aliphatic rings. The fraction of sp³-hybridized carbons (Fsp3) is 1.00. The van der Waals surface area contributed by atoms with Crippen LogP contribution in [0.2, 0.25) is 0 Å². The Labute approximate surface area is 119 Å². The van der Waals surface area contributed by atoms with Crippen LogP contribution in [-0.2, 0) is 0 Å². The number of aliphatic hydroxyl groups excluding tert-OH is 1. The van der Waals surface area contributed by atoms with Crippen LogP contribution < -0.4 is 0 Å². The van der Waals surface area contributed by atoms with Crippen molar-refractivity contribution in [1.82, 2.24) is 4.90 Å². The first-order valence-corrected chi connectivity index (χ1v) is 7.76. The van der Waals surface area contributed by atoms with E-state index in [1.165, 1.54) is 77.4 Å². The van der Waals surface area contributed by atoms with E-state index in [2.05, 4.69) is 4.90 Å². The number of hydrogen-bond acceptors (Lipinski definition) is 2. The number of aliphatic hydroxyl groups is 1. The van der Waals surface area contributed by atoms with Gasteiger partial charge in [0.1, 0.15) is 0 Å². The third-order valence-corrected chi connectivity index (χ3v) is 4.62. The second-order valence-corrected chi connectivity index (χ2v) is 6.01. The molecule has 3 heteroatoms. The summed E-state index contributed by atoms with van der Waals surface area (Å²) in [7, 11) is 0. The quantitative estimate of drug-likeness (QED) is 0.828. The summed E-state index contributed by atoms with van der Waals surface area (Å²) in [6.45, 7) is 3.79. The predicted octanol–water partition coefficient (Wildman–Crippen LogP) is 3.62. The van der Waals surface area contributed by atoms with Gasteiger partial charge in [-0.3, -0.25) is 0 Å². The van der Waals surface area contributed by atoms with Gasteiger partial charge < -0.3 is 10.0 Å². The maximum atomic E-state index is 10.2. The number of piperidine rings is 1. The first-order valence-electron chi connectivity index (χ1n) is 7.76. The molecule has 1 heterocycles. The second-order valence-electron chi connectivity index (χ2n) is 6.01. The van der Waals surface area contributed by atoms with Gasteiger partial charge in [0.05, 0.1) is 6.10 Å². The van der Waals surface area contributed by atoms with Gasteiger partial charge in [-0.1, -0.05) is 25.7 Å². The SMILES string of the molecule is Cl.OC(CCCN1CCCCC1)C1CCCCC1. The number of halogens is 1. The fourth-order valence-electron chi connectivity index (χ4n) is 3.46. The molecule has 1 saturated heterocycles. The van der Waals surface area contributed by atoms with E-state index in [1.54, 1.807) is 0 Å². The first kappa shape index (κ1) is 16.3. The van der Waals surface area contributed by atoms with Gasteiger partial charge >= 0.3 is 0 Å². The van der Waals surface area contributed by atoms with E-state index >= 15 is 0 Å². The molecule has 1 aliphatic heterocycles. The molecule has 0 spiro atoms. The van der Waals surface area contributed by atoms with E-state index < -0.39 is 0 Å². The third-order valence-electron chi connectivity index (χ3n) is 4.62. The molecule has 2 nitrogen and oxygen atoms in total. The molecule has 0 aromatic heterocycles. The van der Waals surface area contributed by atoms with Crippen LogP contribution in [0.15, 0.2) is 0 Å². The Kier molecular flexibility index (Phi) is 8.28. The van der Waals surface area contributed by atoms with Crippen molar-refractivity contribution >= 4 is 12.4 Å². The maximum absolute atomic E-state index is 10.2. The van der Waals surface area contributed by atoms with Crippen molar-refractivity contribution in [2.45, 2.75) is 70.3 Å². The Balaban J connectivity index is 0.00000162. The summed E-state index contributed by atoms with van der Waals surface area (Å²) in [6.07, 6.45) is 13.0. The summed E-state index contributed by atoms with van der Waals surface area (Å²) in [6, 6.07) is 0. The second kappa shape index (κ2) is 9.17. The van der Waals surface area contributed by atoms with Crippen LogP contribution >= 0.6 is 12.4 Å². The average molecular weight is 276 g/mol. The van der Waals surface area contributed by atoms with E-state index in [1.807, 2.05) is 0 Å². The highest BCUT2D eigenvalue weighted by atomic mass is 35.5. The van der Waals surface area contributed by atoms with Crippen molar-refractivity contribution in [2.24, 2.45) is 5.92 Å². The van der Waals surface area contributed by atoms with Gasteiger partial charge in [-0.15, -0.1) is 12.4 Å². The van der Waals surface area contributed by atoms with Crippen molar-refractivity contribution in [2.75, 3.05) is 19.6 Å². The van der Waals surface area contributed by atoms with Crippen molar-refractivity contribution in [1.29, 1.82) is 0 Å². The van der Waals surface area contributed by atoms with Gasteiger partial charge in [-0.2, -0.15) is 0 Å². The molecule has 1 unspecified atom stereocenters. The molecule has 0 radical (unpaired) electrons. The fourth-order valence-corrected chi connectivity index (χ4v) is 3.46. The minimum atomic E-state index is -0.0138. The minimum Gasteiger partial charge on any atom is -0.393 e. The van der Waals surface area contributed by atoms with Gasteiger partial charge in [0.15, 0.2) is 0 Å². The third kappa shape index (κ3) is 5.46. The standard InChI is InChI=1S/C15H29NO.ClH/c17-15(14-8-3-1-4-9-14)10-7-13-16-11-5-2-6-12-16;/h14-15,17H,1-13H2;1H. The van der Waals surface area contributed by atoms with Crippen LogP contribution in [0.1, 0.15) is 64.2 Å². The molecule has 0 aromatic carbocycles. The van der Waals surface area contributed by atoms with E-state index in [4.69, 9.17) is 0 Å². The number of rotatable bonds is 5. The lowest BCUT2D eigenvalue weighted by Gasteiger charge is -2.29. The normalized spacial score (nSPS) is 24.5. The Morgan fingerprint density at radius 2 is 1.56 bits per heavy atom. The zero-order valence-electron chi connectivity index (χ0n) is 11.6. The highest BCUT2D eigenvalue weighted by Gasteiger charge is 2.21. The minimum absolute atomic E-state index is 0. The lowest BCUT2D eigenvalue weighted by atomic mass is 9.84. The van der Waals surface area contributed by atoms with Crippen molar-refractivity contribution < 1.29 is 5.11 Å². The number of hydrogen-bond donors (Lipinski definition) is 1. The Bertz CT molecular complexity index is 201. The lowest BCUT2D eigenvalue weighted by Crippen LogP contribution is -2.31. The average Bonchev–Trinajstić information content (AvgIpc) is 2.41. The van der Waals surface area contributed by atoms with Crippen molar-refractivity contribution in [3.05, 3.63) is 0 Å². The largest absolute Gasteiger partial charge is 0.393 e. The topological polar surface area (TPSA) is 23.5 Å². The molecule has 1 atom stereocenters.